The van der Waals surface area contributed by atoms with Gasteiger partial charge in [0.1, 0.15) is 4.21 Å². The second-order valence-corrected chi connectivity index (χ2v) is 9.69. The van der Waals surface area contributed by atoms with Gasteiger partial charge in [0, 0.05) is 45.8 Å². The van der Waals surface area contributed by atoms with Gasteiger partial charge < -0.3 is 10.2 Å². The van der Waals surface area contributed by atoms with Crippen LogP contribution in [0.2, 0.25) is 0 Å². The van der Waals surface area contributed by atoms with Gasteiger partial charge in [-0.2, -0.15) is 0 Å². The molecular weight excluding hydrogens is 370 g/mol. The van der Waals surface area contributed by atoms with Crippen LogP contribution in [0.5, 0.6) is 0 Å². The lowest BCUT2D eigenvalue weighted by molar-refractivity contribution is 0.164. The molecule has 26 heavy (non-hydrogen) atoms. The molecule has 0 radical (unpaired) electrons. The van der Waals surface area contributed by atoms with Crippen molar-refractivity contribution in [3.05, 3.63) is 17.5 Å². The largest absolute Gasteiger partial charge is 0.357 e. The summed E-state index contributed by atoms with van der Waals surface area (Å²) in [6.07, 6.45) is 0. The van der Waals surface area contributed by atoms with Crippen molar-refractivity contribution in [2.45, 2.75) is 25.0 Å². The zero-order valence-corrected chi connectivity index (χ0v) is 17.6. The fourth-order valence-electron chi connectivity index (χ4n) is 2.91. The molecule has 7 nitrogen and oxygen atoms in total. The smallest absolute Gasteiger partial charge is 0.250 e. The summed E-state index contributed by atoms with van der Waals surface area (Å²) >= 11 is 1.22. The number of aliphatic imine (C=N–C) groups is 1. The van der Waals surface area contributed by atoms with E-state index >= 15 is 0 Å². The third-order valence-corrected chi connectivity index (χ3v) is 6.91. The molecule has 0 atom stereocenters. The standard InChI is InChI=1S/C17H31N5O2S2/c1-4-18-17(22-11-9-21(10-12-22)14-15(2)3)19-7-8-20-26(23,24)16-6-5-13-25-16/h5-6,13,15,20H,4,7-12,14H2,1-3H3,(H,18,19). The number of guanidine groups is 1. The highest BCUT2D eigenvalue weighted by atomic mass is 32.2. The second-order valence-electron chi connectivity index (χ2n) is 6.75. The zero-order valence-electron chi connectivity index (χ0n) is 15.9. The van der Waals surface area contributed by atoms with Crippen LogP contribution < -0.4 is 10.0 Å². The van der Waals surface area contributed by atoms with E-state index in [0.29, 0.717) is 23.2 Å². The van der Waals surface area contributed by atoms with Crippen molar-refractivity contribution < 1.29 is 8.42 Å². The van der Waals surface area contributed by atoms with Crippen molar-refractivity contribution >= 4 is 27.3 Å². The van der Waals surface area contributed by atoms with Crippen LogP contribution in [0, 0.1) is 5.92 Å². The fraction of sp³-hybridized carbons (Fsp3) is 0.706. The van der Waals surface area contributed by atoms with Crippen molar-refractivity contribution in [3.8, 4) is 0 Å². The maximum Gasteiger partial charge on any atom is 0.250 e. The molecule has 1 aliphatic rings. The van der Waals surface area contributed by atoms with Gasteiger partial charge in [-0.25, -0.2) is 13.1 Å². The molecule has 9 heteroatoms. The van der Waals surface area contributed by atoms with E-state index in [1.54, 1.807) is 17.5 Å². The van der Waals surface area contributed by atoms with Gasteiger partial charge in [-0.05, 0) is 24.3 Å². The SMILES string of the molecule is CCNC(=NCCNS(=O)(=O)c1cccs1)N1CCN(CC(C)C)CC1. The van der Waals surface area contributed by atoms with Gasteiger partial charge in [-0.1, -0.05) is 19.9 Å². The molecule has 2 N–H and O–H groups in total. The Morgan fingerprint density at radius 2 is 2.04 bits per heavy atom. The lowest BCUT2D eigenvalue weighted by Gasteiger charge is -2.37. The van der Waals surface area contributed by atoms with Gasteiger partial charge in [0.25, 0.3) is 0 Å². The first-order valence-corrected chi connectivity index (χ1v) is 11.6. The van der Waals surface area contributed by atoms with E-state index in [4.69, 9.17) is 0 Å². The van der Waals surface area contributed by atoms with Crippen molar-refractivity contribution in [1.82, 2.24) is 19.8 Å². The molecule has 1 aromatic rings. The van der Waals surface area contributed by atoms with E-state index in [2.05, 4.69) is 38.7 Å². The van der Waals surface area contributed by atoms with E-state index in [-0.39, 0.29) is 0 Å². The maximum absolute atomic E-state index is 12.1. The third-order valence-electron chi connectivity index (χ3n) is 4.06. The number of sulfonamides is 1. The number of rotatable bonds is 8. The highest BCUT2D eigenvalue weighted by Crippen LogP contribution is 2.14. The van der Waals surface area contributed by atoms with Crippen molar-refractivity contribution in [2.24, 2.45) is 10.9 Å². The van der Waals surface area contributed by atoms with Crippen LogP contribution in [-0.2, 0) is 10.0 Å². The van der Waals surface area contributed by atoms with Crippen LogP contribution >= 0.6 is 11.3 Å². The summed E-state index contributed by atoms with van der Waals surface area (Å²) in [7, 11) is -3.41. The number of hydrogen-bond donors (Lipinski definition) is 2. The van der Waals surface area contributed by atoms with Crippen LogP contribution in [0.15, 0.2) is 26.7 Å². The second kappa shape index (κ2) is 10.2. The highest BCUT2D eigenvalue weighted by molar-refractivity contribution is 7.91. The first-order valence-electron chi connectivity index (χ1n) is 9.21. The van der Waals surface area contributed by atoms with E-state index in [1.165, 1.54) is 11.3 Å². The molecule has 1 aromatic heterocycles. The molecule has 0 amide bonds. The molecule has 1 fully saturated rings. The fourth-order valence-corrected chi connectivity index (χ4v) is 4.97. The first kappa shape index (κ1) is 21.1. The molecule has 0 saturated carbocycles. The average Bonchev–Trinajstić information content (AvgIpc) is 3.13. The topological polar surface area (TPSA) is 77.0 Å². The van der Waals surface area contributed by atoms with Crippen LogP contribution in [0.3, 0.4) is 0 Å². The van der Waals surface area contributed by atoms with Gasteiger partial charge in [-0.15, -0.1) is 11.3 Å². The Hall–Kier alpha value is -1.16. The van der Waals surface area contributed by atoms with Crippen molar-refractivity contribution in [1.29, 1.82) is 0 Å². The Bertz CT molecular complexity index is 651. The van der Waals surface area contributed by atoms with E-state index < -0.39 is 10.0 Å². The monoisotopic (exact) mass is 401 g/mol. The van der Waals surface area contributed by atoms with Crippen LogP contribution in [0.25, 0.3) is 0 Å². The quantitative estimate of drug-likeness (QED) is 0.390. The predicted octanol–water partition coefficient (Wildman–Crippen LogP) is 1.27. The molecule has 0 spiro atoms. The summed E-state index contributed by atoms with van der Waals surface area (Å²) in [5.41, 5.74) is 0. The normalized spacial score (nSPS) is 17.1. The number of thiophene rings is 1. The zero-order chi connectivity index (χ0) is 19.0. The highest BCUT2D eigenvalue weighted by Gasteiger charge is 2.20. The minimum Gasteiger partial charge on any atom is -0.357 e. The van der Waals surface area contributed by atoms with Gasteiger partial charge in [-0.3, -0.25) is 9.89 Å². The number of piperazine rings is 1. The van der Waals surface area contributed by atoms with Crippen LogP contribution in [-0.4, -0.2) is 76.5 Å². The lowest BCUT2D eigenvalue weighted by Crippen LogP contribution is -2.53. The Kier molecular flexibility index (Phi) is 8.33. The number of nitrogens with one attached hydrogen (secondary N) is 2. The van der Waals surface area contributed by atoms with Crippen molar-refractivity contribution in [2.75, 3.05) is 52.4 Å². The van der Waals surface area contributed by atoms with Crippen LogP contribution in [0.1, 0.15) is 20.8 Å². The van der Waals surface area contributed by atoms with Crippen molar-refractivity contribution in [3.63, 3.8) is 0 Å². The molecule has 2 rings (SSSR count). The number of nitrogens with zero attached hydrogens (tertiary/aromatic N) is 3. The molecular formula is C17H31N5O2S2. The van der Waals surface area contributed by atoms with Gasteiger partial charge >= 0.3 is 0 Å². The Morgan fingerprint density at radius 3 is 2.62 bits per heavy atom. The summed E-state index contributed by atoms with van der Waals surface area (Å²) in [6.45, 7) is 13.1. The molecule has 148 valence electrons. The Morgan fingerprint density at radius 1 is 1.31 bits per heavy atom. The summed E-state index contributed by atoms with van der Waals surface area (Å²) < 4.78 is 27.2. The Balaban J connectivity index is 1.83. The average molecular weight is 402 g/mol. The molecule has 0 aromatic carbocycles. The molecule has 2 heterocycles. The van der Waals surface area contributed by atoms with Gasteiger partial charge in [0.05, 0.1) is 6.54 Å². The van der Waals surface area contributed by atoms with E-state index in [9.17, 15) is 8.42 Å². The summed E-state index contributed by atoms with van der Waals surface area (Å²) in [4.78, 5) is 9.34. The summed E-state index contributed by atoms with van der Waals surface area (Å²) in [5, 5.41) is 5.07. The summed E-state index contributed by atoms with van der Waals surface area (Å²) in [6, 6.07) is 3.34. The minimum atomic E-state index is -3.41. The van der Waals surface area contributed by atoms with E-state index in [1.807, 2.05) is 6.92 Å². The molecule has 0 aliphatic carbocycles. The third kappa shape index (κ3) is 6.53. The maximum atomic E-state index is 12.1. The molecule has 0 bridgehead atoms. The summed E-state index contributed by atoms with van der Waals surface area (Å²) in [5.74, 6) is 1.55. The predicted molar refractivity (Wildman–Crippen MR) is 108 cm³/mol. The van der Waals surface area contributed by atoms with Crippen LogP contribution in [0.4, 0.5) is 0 Å². The van der Waals surface area contributed by atoms with Gasteiger partial charge in [0.2, 0.25) is 10.0 Å². The number of hydrogen-bond acceptors (Lipinski definition) is 5. The Labute approximate surface area is 161 Å². The first-order chi connectivity index (χ1) is 12.4. The lowest BCUT2D eigenvalue weighted by atomic mass is 10.2. The minimum absolute atomic E-state index is 0.294. The molecule has 0 unspecified atom stereocenters. The van der Waals surface area contributed by atoms with E-state index in [0.717, 1.165) is 45.2 Å². The molecule has 1 saturated heterocycles. The molecule has 1 aliphatic heterocycles. The van der Waals surface area contributed by atoms with Gasteiger partial charge in [0.15, 0.2) is 5.96 Å².